The Morgan fingerprint density at radius 3 is 2.32 bits per heavy atom. The van der Waals surface area contributed by atoms with Crippen molar-refractivity contribution in [2.75, 3.05) is 6.61 Å². The number of aromatic nitrogens is 2. The van der Waals surface area contributed by atoms with Gasteiger partial charge >= 0.3 is 0 Å². The molecule has 0 spiro atoms. The number of benzene rings is 2. The van der Waals surface area contributed by atoms with Gasteiger partial charge in [-0.1, -0.05) is 24.3 Å². The highest BCUT2D eigenvalue weighted by Crippen LogP contribution is 2.28. The Balaban J connectivity index is 1.80. The number of nitrogen functional groups attached to an aromatic ring is 1. The molecule has 9 heteroatoms. The highest BCUT2D eigenvalue weighted by Gasteiger charge is 2.28. The number of amidine groups is 1. The second-order valence-electron chi connectivity index (χ2n) is 6.59. The summed E-state index contributed by atoms with van der Waals surface area (Å²) in [7, 11) is 0. The highest BCUT2D eigenvalue weighted by atomic mass is 19.1. The summed E-state index contributed by atoms with van der Waals surface area (Å²) < 4.78 is 35.0. The van der Waals surface area contributed by atoms with Crippen molar-refractivity contribution in [1.29, 1.82) is 5.41 Å². The Labute approximate surface area is 177 Å². The van der Waals surface area contributed by atoms with Crippen LogP contribution in [0.15, 0.2) is 54.9 Å². The Bertz CT molecular complexity index is 1050. The van der Waals surface area contributed by atoms with Gasteiger partial charge < -0.3 is 15.8 Å². The summed E-state index contributed by atoms with van der Waals surface area (Å²) in [6.07, 6.45) is 1.46. The summed E-state index contributed by atoms with van der Waals surface area (Å²) in [5, 5.41) is 10.0. The third-order valence-corrected chi connectivity index (χ3v) is 4.47. The molecule has 0 bridgehead atoms. The van der Waals surface area contributed by atoms with Crippen LogP contribution in [0.3, 0.4) is 0 Å². The molecule has 1 unspecified atom stereocenters. The fourth-order valence-electron chi connectivity index (χ4n) is 2.95. The molecule has 31 heavy (non-hydrogen) atoms. The molecule has 1 heterocycles. The molecule has 0 saturated carbocycles. The molecule has 1 amide bonds. The van der Waals surface area contributed by atoms with Gasteiger partial charge in [0.15, 0.2) is 11.9 Å². The SMILES string of the molecule is CCOC(C(=O)NCc1ccc(C(=N)N)cc1)c1c(F)cc(-c2ncccn2)cc1F. The molecule has 4 N–H and O–H groups in total. The number of rotatable bonds is 8. The number of hydrogen-bond acceptors (Lipinski definition) is 5. The van der Waals surface area contributed by atoms with Crippen LogP contribution in [-0.4, -0.2) is 28.3 Å². The largest absolute Gasteiger partial charge is 0.384 e. The lowest BCUT2D eigenvalue weighted by molar-refractivity contribution is -0.133. The number of amides is 1. The number of hydrogen-bond donors (Lipinski definition) is 3. The first-order valence-corrected chi connectivity index (χ1v) is 9.49. The van der Waals surface area contributed by atoms with E-state index in [0.717, 1.165) is 17.7 Å². The number of carbonyl (C=O) groups excluding carboxylic acids is 1. The van der Waals surface area contributed by atoms with Gasteiger partial charge in [-0.15, -0.1) is 0 Å². The maximum Gasteiger partial charge on any atom is 0.254 e. The van der Waals surface area contributed by atoms with E-state index in [1.54, 1.807) is 37.3 Å². The van der Waals surface area contributed by atoms with Gasteiger partial charge in [0.2, 0.25) is 0 Å². The number of carbonyl (C=O) groups is 1. The maximum absolute atomic E-state index is 14.8. The van der Waals surface area contributed by atoms with Crippen molar-refractivity contribution in [2.45, 2.75) is 19.6 Å². The average Bonchev–Trinajstić information content (AvgIpc) is 2.77. The monoisotopic (exact) mass is 425 g/mol. The molecule has 3 rings (SSSR count). The van der Waals surface area contributed by atoms with Crippen LogP contribution < -0.4 is 11.1 Å². The van der Waals surface area contributed by atoms with E-state index in [1.165, 1.54) is 12.4 Å². The van der Waals surface area contributed by atoms with Crippen LogP contribution >= 0.6 is 0 Å². The fourth-order valence-corrected chi connectivity index (χ4v) is 2.95. The van der Waals surface area contributed by atoms with Crippen LogP contribution in [-0.2, 0) is 16.1 Å². The summed E-state index contributed by atoms with van der Waals surface area (Å²) in [5.74, 6) is -2.44. The van der Waals surface area contributed by atoms with E-state index in [-0.39, 0.29) is 30.4 Å². The summed E-state index contributed by atoms with van der Waals surface area (Å²) in [5.41, 5.74) is 6.37. The molecule has 3 aromatic rings. The van der Waals surface area contributed by atoms with Crippen molar-refractivity contribution in [3.05, 3.63) is 83.2 Å². The minimum absolute atomic E-state index is 0.0673. The molecule has 0 saturated heterocycles. The second-order valence-corrected chi connectivity index (χ2v) is 6.59. The Kier molecular flexibility index (Phi) is 6.99. The first kappa shape index (κ1) is 22.0. The fraction of sp³-hybridized carbons (Fsp3) is 0.182. The van der Waals surface area contributed by atoms with E-state index in [9.17, 15) is 13.6 Å². The zero-order valence-corrected chi connectivity index (χ0v) is 16.7. The first-order chi connectivity index (χ1) is 14.9. The number of halogens is 2. The predicted molar refractivity (Wildman–Crippen MR) is 111 cm³/mol. The van der Waals surface area contributed by atoms with Crippen molar-refractivity contribution in [3.8, 4) is 11.4 Å². The second kappa shape index (κ2) is 9.86. The normalized spacial score (nSPS) is 11.7. The standard InChI is InChI=1S/C22H21F2N5O2/c1-2-31-19(22(30)29-12-13-4-6-14(7-5-13)20(25)26)18-16(23)10-15(11-17(18)24)21-27-8-3-9-28-21/h3-11,19H,2,12H2,1H3,(H3,25,26)(H,29,30). The smallest absolute Gasteiger partial charge is 0.254 e. The minimum Gasteiger partial charge on any atom is -0.384 e. The highest BCUT2D eigenvalue weighted by molar-refractivity contribution is 5.94. The molecule has 160 valence electrons. The van der Waals surface area contributed by atoms with Crippen molar-refractivity contribution in [1.82, 2.24) is 15.3 Å². The Morgan fingerprint density at radius 2 is 1.77 bits per heavy atom. The Hall–Kier alpha value is -3.72. The minimum atomic E-state index is -1.47. The molecular formula is C22H21F2N5O2. The lowest BCUT2D eigenvalue weighted by Crippen LogP contribution is -2.31. The number of nitrogens with two attached hydrogens (primary N) is 1. The maximum atomic E-state index is 14.8. The summed E-state index contributed by atoms with van der Waals surface area (Å²) >= 11 is 0. The van der Waals surface area contributed by atoms with Crippen LogP contribution in [0.5, 0.6) is 0 Å². The number of nitrogens with zero attached hydrogens (tertiary/aromatic N) is 2. The topological polar surface area (TPSA) is 114 Å². The molecular weight excluding hydrogens is 404 g/mol. The molecule has 0 aliphatic heterocycles. The van der Waals surface area contributed by atoms with Gasteiger partial charge in [0.25, 0.3) is 5.91 Å². The molecule has 0 aliphatic rings. The van der Waals surface area contributed by atoms with E-state index >= 15 is 0 Å². The van der Waals surface area contributed by atoms with Gasteiger partial charge in [0, 0.05) is 36.7 Å². The zero-order chi connectivity index (χ0) is 22.4. The van der Waals surface area contributed by atoms with E-state index in [1.807, 2.05) is 0 Å². The first-order valence-electron chi connectivity index (χ1n) is 9.49. The van der Waals surface area contributed by atoms with Gasteiger partial charge in [-0.05, 0) is 30.7 Å². The third kappa shape index (κ3) is 5.26. The molecule has 0 aliphatic carbocycles. The molecule has 7 nitrogen and oxygen atoms in total. The summed E-state index contributed by atoms with van der Waals surface area (Å²) in [4.78, 5) is 20.7. The molecule has 0 radical (unpaired) electrons. The van der Waals surface area contributed by atoms with Crippen molar-refractivity contribution in [3.63, 3.8) is 0 Å². The van der Waals surface area contributed by atoms with Crippen LogP contribution in [0, 0.1) is 17.0 Å². The molecule has 1 atom stereocenters. The molecule has 1 aromatic heterocycles. The van der Waals surface area contributed by atoms with Gasteiger partial charge in [0.05, 0.1) is 5.56 Å². The quantitative estimate of drug-likeness (QED) is 0.379. The number of ether oxygens (including phenoxy) is 1. The van der Waals surface area contributed by atoms with E-state index < -0.39 is 29.2 Å². The van der Waals surface area contributed by atoms with Gasteiger partial charge in [-0.2, -0.15) is 0 Å². The summed E-state index contributed by atoms with van der Waals surface area (Å²) in [6.45, 7) is 1.82. The van der Waals surface area contributed by atoms with Crippen molar-refractivity contribution < 1.29 is 18.3 Å². The van der Waals surface area contributed by atoms with Gasteiger partial charge in [0.1, 0.15) is 17.5 Å². The summed E-state index contributed by atoms with van der Waals surface area (Å²) in [6, 6.07) is 10.4. The lowest BCUT2D eigenvalue weighted by Gasteiger charge is -2.19. The van der Waals surface area contributed by atoms with Gasteiger partial charge in [-0.3, -0.25) is 10.2 Å². The van der Waals surface area contributed by atoms with Gasteiger partial charge in [-0.25, -0.2) is 18.7 Å². The Morgan fingerprint density at radius 1 is 1.16 bits per heavy atom. The lowest BCUT2D eigenvalue weighted by atomic mass is 10.0. The van der Waals surface area contributed by atoms with Crippen molar-refractivity contribution in [2.24, 2.45) is 5.73 Å². The van der Waals surface area contributed by atoms with Crippen LogP contribution in [0.2, 0.25) is 0 Å². The zero-order valence-electron chi connectivity index (χ0n) is 16.7. The van der Waals surface area contributed by atoms with Crippen LogP contribution in [0.25, 0.3) is 11.4 Å². The van der Waals surface area contributed by atoms with E-state index in [2.05, 4.69) is 15.3 Å². The predicted octanol–water partition coefficient (Wildman–Crippen LogP) is 3.10. The van der Waals surface area contributed by atoms with E-state index in [0.29, 0.717) is 5.56 Å². The van der Waals surface area contributed by atoms with Crippen LogP contribution in [0.4, 0.5) is 8.78 Å². The van der Waals surface area contributed by atoms with Crippen molar-refractivity contribution >= 4 is 11.7 Å². The van der Waals surface area contributed by atoms with E-state index in [4.69, 9.17) is 15.9 Å². The van der Waals surface area contributed by atoms with Crippen LogP contribution in [0.1, 0.15) is 29.7 Å². The average molecular weight is 425 g/mol. The molecule has 2 aromatic carbocycles. The number of nitrogens with one attached hydrogen (secondary N) is 2. The molecule has 0 fully saturated rings. The third-order valence-electron chi connectivity index (χ3n) is 4.47.